The molecule has 0 aromatic heterocycles. The number of carbonyl (C=O) groups is 1. The van der Waals surface area contributed by atoms with E-state index in [4.69, 9.17) is 0 Å². The lowest BCUT2D eigenvalue weighted by molar-refractivity contribution is -0.114. The molecule has 0 aliphatic carbocycles. The first-order chi connectivity index (χ1) is 10.8. The van der Waals surface area contributed by atoms with Gasteiger partial charge in [0.15, 0.2) is 0 Å². The second kappa shape index (κ2) is 6.86. The van der Waals surface area contributed by atoms with Gasteiger partial charge in [0.1, 0.15) is 0 Å². The molecule has 2 aromatic rings. The van der Waals surface area contributed by atoms with Gasteiger partial charge in [0, 0.05) is 11.4 Å². The molecule has 0 radical (unpaired) electrons. The van der Waals surface area contributed by atoms with E-state index in [-0.39, 0.29) is 17.9 Å². The quantitative estimate of drug-likeness (QED) is 0.863. The van der Waals surface area contributed by atoms with Crippen molar-refractivity contribution < 1.29 is 4.79 Å². The van der Waals surface area contributed by atoms with Crippen molar-refractivity contribution in [2.75, 3.05) is 17.2 Å². The lowest BCUT2D eigenvalue weighted by Gasteiger charge is -2.23. The molecular weight excluding hydrogens is 284 g/mol. The van der Waals surface area contributed by atoms with Crippen LogP contribution in [0.3, 0.4) is 0 Å². The Bertz CT molecular complexity index is 699. The maximum Gasteiger partial charge on any atom is 0.243 e. The molecule has 0 aliphatic rings. The molecule has 1 amide bonds. The molecule has 23 heavy (non-hydrogen) atoms. The fourth-order valence-corrected chi connectivity index (χ4v) is 2.56. The van der Waals surface area contributed by atoms with Crippen molar-refractivity contribution in [3.63, 3.8) is 0 Å². The second-order valence-corrected chi connectivity index (χ2v) is 6.94. The third-order valence-electron chi connectivity index (χ3n) is 4.05. The van der Waals surface area contributed by atoms with Gasteiger partial charge in [0.05, 0.1) is 6.54 Å². The van der Waals surface area contributed by atoms with E-state index in [0.29, 0.717) is 0 Å². The minimum Gasteiger partial charge on any atom is -0.376 e. The zero-order valence-corrected chi connectivity index (χ0v) is 14.7. The van der Waals surface area contributed by atoms with Crippen LogP contribution in [0.4, 0.5) is 11.4 Å². The predicted molar refractivity (Wildman–Crippen MR) is 98.2 cm³/mol. The van der Waals surface area contributed by atoms with Crippen LogP contribution in [-0.4, -0.2) is 12.5 Å². The van der Waals surface area contributed by atoms with Gasteiger partial charge < -0.3 is 10.6 Å². The summed E-state index contributed by atoms with van der Waals surface area (Å²) in [5.74, 6) is -0.0393. The lowest BCUT2D eigenvalue weighted by Crippen LogP contribution is -2.24. The summed E-state index contributed by atoms with van der Waals surface area (Å²) in [5, 5.41) is 6.24. The van der Waals surface area contributed by atoms with Gasteiger partial charge in [-0.2, -0.15) is 0 Å². The zero-order valence-electron chi connectivity index (χ0n) is 14.7. The maximum atomic E-state index is 12.3. The van der Waals surface area contributed by atoms with Gasteiger partial charge in [-0.15, -0.1) is 0 Å². The van der Waals surface area contributed by atoms with Crippen LogP contribution < -0.4 is 10.6 Å². The number of carbonyl (C=O) groups excluding carboxylic acids is 1. The number of para-hydroxylation sites is 1. The van der Waals surface area contributed by atoms with Crippen LogP contribution in [-0.2, 0) is 10.2 Å². The van der Waals surface area contributed by atoms with Gasteiger partial charge in [-0.1, -0.05) is 51.1 Å². The van der Waals surface area contributed by atoms with E-state index >= 15 is 0 Å². The normalized spacial score (nSPS) is 11.2. The summed E-state index contributed by atoms with van der Waals surface area (Å²) in [5.41, 5.74) is 5.41. The largest absolute Gasteiger partial charge is 0.376 e. The summed E-state index contributed by atoms with van der Waals surface area (Å²) >= 11 is 0. The van der Waals surface area contributed by atoms with E-state index in [0.717, 1.165) is 16.9 Å². The molecule has 0 fully saturated rings. The average molecular weight is 310 g/mol. The molecule has 0 heterocycles. The Morgan fingerprint density at radius 3 is 2.30 bits per heavy atom. The van der Waals surface area contributed by atoms with E-state index in [9.17, 15) is 4.79 Å². The minimum atomic E-state index is -0.0393. The molecule has 2 rings (SSSR count). The van der Waals surface area contributed by atoms with E-state index in [2.05, 4.69) is 57.4 Å². The monoisotopic (exact) mass is 310 g/mol. The van der Waals surface area contributed by atoms with Gasteiger partial charge in [0.25, 0.3) is 0 Å². The third-order valence-corrected chi connectivity index (χ3v) is 4.05. The second-order valence-electron chi connectivity index (χ2n) is 6.94. The molecule has 0 saturated heterocycles. The lowest BCUT2D eigenvalue weighted by atomic mass is 9.86. The fraction of sp³-hybridized carbons (Fsp3) is 0.350. The molecule has 0 atom stereocenters. The van der Waals surface area contributed by atoms with Gasteiger partial charge in [-0.05, 0) is 48.1 Å². The molecule has 122 valence electrons. The van der Waals surface area contributed by atoms with Crippen LogP contribution in [0.2, 0.25) is 0 Å². The molecule has 3 nitrogen and oxygen atoms in total. The first kappa shape index (κ1) is 17.1. The molecule has 0 saturated carbocycles. The highest BCUT2D eigenvalue weighted by atomic mass is 16.1. The summed E-state index contributed by atoms with van der Waals surface area (Å²) in [7, 11) is 0. The summed E-state index contributed by atoms with van der Waals surface area (Å²) in [6, 6.07) is 14.0. The third kappa shape index (κ3) is 4.35. The van der Waals surface area contributed by atoms with Crippen molar-refractivity contribution in [1.29, 1.82) is 0 Å². The Labute approximate surface area is 139 Å². The Hall–Kier alpha value is -2.29. The summed E-state index contributed by atoms with van der Waals surface area (Å²) < 4.78 is 0. The molecule has 0 aliphatic heterocycles. The van der Waals surface area contributed by atoms with E-state index in [1.54, 1.807) is 0 Å². The van der Waals surface area contributed by atoms with Crippen LogP contribution in [0.1, 0.15) is 37.5 Å². The Morgan fingerprint density at radius 2 is 1.61 bits per heavy atom. The Morgan fingerprint density at radius 1 is 0.957 bits per heavy atom. The van der Waals surface area contributed by atoms with E-state index < -0.39 is 0 Å². The summed E-state index contributed by atoms with van der Waals surface area (Å²) in [6.07, 6.45) is 0. The number of hydrogen-bond donors (Lipinski definition) is 2. The van der Waals surface area contributed by atoms with Gasteiger partial charge in [0.2, 0.25) is 5.91 Å². The molecule has 0 spiro atoms. The minimum absolute atomic E-state index is 0.00949. The van der Waals surface area contributed by atoms with Crippen LogP contribution in [0, 0.1) is 13.8 Å². The van der Waals surface area contributed by atoms with E-state index in [1.165, 1.54) is 11.1 Å². The average Bonchev–Trinajstić information content (AvgIpc) is 2.48. The van der Waals surface area contributed by atoms with Gasteiger partial charge in [-0.3, -0.25) is 4.79 Å². The Balaban J connectivity index is 2.05. The van der Waals surface area contributed by atoms with Crippen molar-refractivity contribution in [1.82, 2.24) is 0 Å². The molecule has 0 bridgehead atoms. The molecule has 3 heteroatoms. The van der Waals surface area contributed by atoms with Crippen molar-refractivity contribution in [3.05, 3.63) is 59.2 Å². The van der Waals surface area contributed by atoms with Gasteiger partial charge in [-0.25, -0.2) is 0 Å². The van der Waals surface area contributed by atoms with Crippen molar-refractivity contribution >= 4 is 17.3 Å². The molecular formula is C20H26N2O. The topological polar surface area (TPSA) is 41.1 Å². The molecule has 2 N–H and O–H groups in total. The summed E-state index contributed by atoms with van der Waals surface area (Å²) in [4.78, 5) is 12.3. The Kier molecular flexibility index (Phi) is 5.09. The zero-order chi connectivity index (χ0) is 17.0. The SMILES string of the molecule is Cc1cccc(NCC(=O)Nc2ccccc2C(C)(C)C)c1C. The standard InChI is InChI=1S/C20H26N2O/c1-14-9-8-12-17(15(14)2)21-13-19(23)22-18-11-7-6-10-16(18)20(3,4)5/h6-12,21H,13H2,1-5H3,(H,22,23). The number of aryl methyl sites for hydroxylation is 1. The van der Waals surface area contributed by atoms with Crippen LogP contribution in [0.5, 0.6) is 0 Å². The van der Waals surface area contributed by atoms with E-state index in [1.807, 2.05) is 30.3 Å². The van der Waals surface area contributed by atoms with Crippen molar-refractivity contribution in [3.8, 4) is 0 Å². The molecule has 0 unspecified atom stereocenters. The highest BCUT2D eigenvalue weighted by Gasteiger charge is 2.18. The number of nitrogens with one attached hydrogen (secondary N) is 2. The van der Waals surface area contributed by atoms with Crippen molar-refractivity contribution in [2.24, 2.45) is 0 Å². The smallest absolute Gasteiger partial charge is 0.243 e. The summed E-state index contributed by atoms with van der Waals surface area (Å²) in [6.45, 7) is 10.8. The highest BCUT2D eigenvalue weighted by molar-refractivity contribution is 5.94. The first-order valence-corrected chi connectivity index (χ1v) is 7.98. The van der Waals surface area contributed by atoms with Crippen LogP contribution in [0.25, 0.3) is 0 Å². The highest BCUT2D eigenvalue weighted by Crippen LogP contribution is 2.29. The van der Waals surface area contributed by atoms with Gasteiger partial charge >= 0.3 is 0 Å². The van der Waals surface area contributed by atoms with Crippen LogP contribution >= 0.6 is 0 Å². The molecule has 2 aromatic carbocycles. The predicted octanol–water partition coefficient (Wildman–Crippen LogP) is 4.65. The number of benzene rings is 2. The number of hydrogen-bond acceptors (Lipinski definition) is 2. The van der Waals surface area contributed by atoms with Crippen molar-refractivity contribution in [2.45, 2.75) is 40.0 Å². The fourth-order valence-electron chi connectivity index (χ4n) is 2.56. The maximum absolute atomic E-state index is 12.3. The number of anilines is 2. The van der Waals surface area contributed by atoms with Crippen LogP contribution in [0.15, 0.2) is 42.5 Å². The number of rotatable bonds is 4. The first-order valence-electron chi connectivity index (χ1n) is 7.98. The number of amides is 1.